The van der Waals surface area contributed by atoms with Gasteiger partial charge in [0.25, 0.3) is 0 Å². The van der Waals surface area contributed by atoms with Crippen molar-refractivity contribution in [2.45, 2.75) is 62.7 Å². The average molecular weight is 379 g/mol. The van der Waals surface area contributed by atoms with Crippen LogP contribution in [0.25, 0.3) is 5.69 Å². The number of amidine groups is 1. The Bertz CT molecular complexity index is 927. The lowest BCUT2D eigenvalue weighted by molar-refractivity contribution is 0.303. The maximum absolute atomic E-state index is 6.31. The molecule has 0 amide bonds. The second-order valence-corrected chi connectivity index (χ2v) is 9.35. The second-order valence-electron chi connectivity index (χ2n) is 7.86. The topological polar surface area (TPSA) is 56.2 Å². The number of rotatable bonds is 2. The highest BCUT2D eigenvalue weighted by Crippen LogP contribution is 2.52. The van der Waals surface area contributed by atoms with Gasteiger partial charge < -0.3 is 10.3 Å². The lowest BCUT2D eigenvalue weighted by atomic mass is 9.77. The van der Waals surface area contributed by atoms with Crippen LogP contribution in [0.4, 0.5) is 0 Å². The zero-order valence-electron chi connectivity index (χ0n) is 16.0. The molecule has 2 aromatic heterocycles. The summed E-state index contributed by atoms with van der Waals surface area (Å²) in [6.07, 6.45) is 15.4. The minimum Gasteiger partial charge on any atom is -0.378 e. The van der Waals surface area contributed by atoms with Crippen molar-refractivity contribution >= 4 is 16.9 Å². The van der Waals surface area contributed by atoms with Gasteiger partial charge in [-0.15, -0.1) is 5.92 Å². The van der Waals surface area contributed by atoms with E-state index < -0.39 is 0 Å². The Balaban J connectivity index is 1.66. The van der Waals surface area contributed by atoms with E-state index in [1.807, 2.05) is 24.9 Å². The van der Waals surface area contributed by atoms with E-state index in [0.717, 1.165) is 22.8 Å². The predicted octanol–water partition coefficient (Wildman–Crippen LogP) is 4.61. The zero-order chi connectivity index (χ0) is 18.9. The van der Waals surface area contributed by atoms with E-state index in [4.69, 9.17) is 10.7 Å². The van der Waals surface area contributed by atoms with Crippen molar-refractivity contribution in [1.29, 1.82) is 0 Å². The molecule has 1 aliphatic carbocycles. The molecule has 2 N–H and O–H groups in total. The first-order chi connectivity index (χ1) is 13.0. The lowest BCUT2D eigenvalue weighted by Gasteiger charge is -2.45. The number of aromatic nitrogens is 2. The number of pyridine rings is 1. The molecule has 0 saturated heterocycles. The van der Waals surface area contributed by atoms with Crippen molar-refractivity contribution < 1.29 is 0 Å². The highest BCUT2D eigenvalue weighted by molar-refractivity contribution is 8.15. The number of aliphatic imine (C=N–C) groups is 1. The highest BCUT2D eigenvalue weighted by Gasteiger charge is 2.45. The van der Waals surface area contributed by atoms with Crippen LogP contribution in [-0.2, 0) is 5.54 Å². The summed E-state index contributed by atoms with van der Waals surface area (Å²) >= 11 is 1.81. The summed E-state index contributed by atoms with van der Waals surface area (Å²) in [7, 11) is 0. The molecule has 5 heteroatoms. The first-order valence-electron chi connectivity index (χ1n) is 9.63. The number of nitrogens with zero attached hydrogens (tertiary/aromatic N) is 3. The quantitative estimate of drug-likeness (QED) is 0.776. The van der Waals surface area contributed by atoms with Crippen molar-refractivity contribution in [2.75, 3.05) is 0 Å². The van der Waals surface area contributed by atoms with Crippen LogP contribution in [0.15, 0.2) is 41.9 Å². The van der Waals surface area contributed by atoms with Gasteiger partial charge >= 0.3 is 0 Å². The Morgan fingerprint density at radius 3 is 2.81 bits per heavy atom. The van der Waals surface area contributed by atoms with Gasteiger partial charge in [0, 0.05) is 28.9 Å². The van der Waals surface area contributed by atoms with Gasteiger partial charge in [0.15, 0.2) is 5.17 Å². The summed E-state index contributed by atoms with van der Waals surface area (Å²) in [6.45, 7) is 4.07. The van der Waals surface area contributed by atoms with Crippen molar-refractivity contribution in [2.24, 2.45) is 10.7 Å². The third kappa shape index (κ3) is 3.64. The Labute approximate surface area is 165 Å². The van der Waals surface area contributed by atoms with Gasteiger partial charge in [0.05, 0.1) is 17.4 Å². The summed E-state index contributed by atoms with van der Waals surface area (Å²) in [5.41, 5.74) is 9.18. The molecular formula is C22H26N4S. The first-order valence-corrected chi connectivity index (χ1v) is 10.4. The van der Waals surface area contributed by atoms with Gasteiger partial charge in [-0.2, -0.15) is 0 Å². The van der Waals surface area contributed by atoms with Crippen molar-refractivity contribution in [3.8, 4) is 17.5 Å². The molecule has 0 radical (unpaired) electrons. The summed E-state index contributed by atoms with van der Waals surface area (Å²) in [5.74, 6) is 6.00. The maximum atomic E-state index is 6.31. The standard InChI is InChI=1S/C22H26N4S/c1-3-7-17-12-19(14-24-13-17)26-11-8-18(15-26)21(2)16-22(27-20(23)25-21)9-5-4-6-10-22/h8,11-15H,4-6,9-10,16H2,1-2H3,(H2,23,25)/t21-/m0/s1. The summed E-state index contributed by atoms with van der Waals surface area (Å²) in [5, 5.41) is 0.736. The molecule has 2 aliphatic rings. The van der Waals surface area contributed by atoms with Gasteiger partial charge in [-0.25, -0.2) is 0 Å². The average Bonchev–Trinajstić information content (AvgIpc) is 3.13. The Hall–Kier alpha value is -2.19. The van der Waals surface area contributed by atoms with Crippen LogP contribution in [-0.4, -0.2) is 19.5 Å². The van der Waals surface area contributed by atoms with E-state index in [-0.39, 0.29) is 10.3 Å². The van der Waals surface area contributed by atoms with Gasteiger partial charge in [0.2, 0.25) is 0 Å². The number of nitrogens with two attached hydrogens (primary N) is 1. The van der Waals surface area contributed by atoms with E-state index in [2.05, 4.69) is 52.8 Å². The Morgan fingerprint density at radius 1 is 1.22 bits per heavy atom. The molecule has 27 heavy (non-hydrogen) atoms. The van der Waals surface area contributed by atoms with Gasteiger partial charge in [-0.3, -0.25) is 9.98 Å². The molecule has 0 unspecified atom stereocenters. The van der Waals surface area contributed by atoms with E-state index in [1.54, 1.807) is 6.20 Å². The molecular weight excluding hydrogens is 352 g/mol. The highest BCUT2D eigenvalue weighted by atomic mass is 32.2. The van der Waals surface area contributed by atoms with E-state index in [9.17, 15) is 0 Å². The van der Waals surface area contributed by atoms with Crippen LogP contribution in [0.2, 0.25) is 0 Å². The fraction of sp³-hybridized carbons (Fsp3) is 0.455. The van der Waals surface area contributed by atoms with Crippen LogP contribution >= 0.6 is 11.8 Å². The molecule has 4 rings (SSSR count). The second kappa shape index (κ2) is 7.09. The number of thioether (sulfide) groups is 1. The van der Waals surface area contributed by atoms with Crippen molar-refractivity contribution in [3.63, 3.8) is 0 Å². The number of hydrogen-bond acceptors (Lipinski definition) is 4. The molecule has 1 fully saturated rings. The largest absolute Gasteiger partial charge is 0.378 e. The zero-order valence-corrected chi connectivity index (χ0v) is 16.9. The molecule has 2 aromatic rings. The fourth-order valence-electron chi connectivity index (χ4n) is 4.49. The molecule has 140 valence electrons. The normalized spacial score (nSPS) is 24.1. The monoisotopic (exact) mass is 378 g/mol. The van der Waals surface area contributed by atoms with E-state index >= 15 is 0 Å². The third-order valence-corrected chi connectivity index (χ3v) is 7.00. The third-order valence-electron chi connectivity index (χ3n) is 5.72. The van der Waals surface area contributed by atoms with Crippen LogP contribution in [0.5, 0.6) is 0 Å². The minimum atomic E-state index is -0.272. The minimum absolute atomic E-state index is 0.249. The van der Waals surface area contributed by atoms with Crippen molar-refractivity contribution in [3.05, 3.63) is 48.0 Å². The summed E-state index contributed by atoms with van der Waals surface area (Å²) in [6, 6.07) is 4.23. The van der Waals surface area contributed by atoms with E-state index in [1.165, 1.54) is 37.7 Å². The lowest BCUT2D eigenvalue weighted by Crippen LogP contribution is -2.43. The molecule has 1 atom stereocenters. The summed E-state index contributed by atoms with van der Waals surface area (Å²) in [4.78, 5) is 9.22. The molecule has 0 bridgehead atoms. The van der Waals surface area contributed by atoms with E-state index in [0.29, 0.717) is 0 Å². The van der Waals surface area contributed by atoms with Crippen LogP contribution in [0, 0.1) is 11.8 Å². The smallest absolute Gasteiger partial charge is 0.155 e. The van der Waals surface area contributed by atoms with Crippen molar-refractivity contribution in [1.82, 2.24) is 9.55 Å². The Morgan fingerprint density at radius 2 is 2.04 bits per heavy atom. The molecule has 4 nitrogen and oxygen atoms in total. The molecule has 1 saturated carbocycles. The molecule has 1 aliphatic heterocycles. The summed E-state index contributed by atoms with van der Waals surface area (Å²) < 4.78 is 2.36. The molecule has 1 spiro atoms. The van der Waals surface area contributed by atoms with Crippen LogP contribution < -0.4 is 5.73 Å². The van der Waals surface area contributed by atoms with Gasteiger partial charge in [0.1, 0.15) is 0 Å². The Kier molecular flexibility index (Phi) is 4.77. The fourth-order valence-corrected chi connectivity index (χ4v) is 6.03. The maximum Gasteiger partial charge on any atom is 0.155 e. The number of hydrogen-bond donors (Lipinski definition) is 1. The SMILES string of the molecule is CC#Cc1cncc(-n2ccc([C@]3(C)CC4(CCCCC4)SC(N)=N3)c2)c1. The molecule has 0 aromatic carbocycles. The molecule has 3 heterocycles. The van der Waals surface area contributed by atoms with Crippen LogP contribution in [0.1, 0.15) is 63.5 Å². The van der Waals surface area contributed by atoms with Crippen LogP contribution in [0.3, 0.4) is 0 Å². The van der Waals surface area contributed by atoms with Gasteiger partial charge in [-0.05, 0) is 50.8 Å². The van der Waals surface area contributed by atoms with Gasteiger partial charge in [-0.1, -0.05) is 36.9 Å². The first kappa shape index (κ1) is 18.2. The predicted molar refractivity (Wildman–Crippen MR) is 113 cm³/mol.